The summed E-state index contributed by atoms with van der Waals surface area (Å²) in [6, 6.07) is 6.16. The van der Waals surface area contributed by atoms with Crippen LogP contribution >= 0.6 is 11.3 Å². The molecule has 0 bridgehead atoms. The van der Waals surface area contributed by atoms with Crippen LogP contribution in [0.15, 0.2) is 23.6 Å². The monoisotopic (exact) mass is 260 g/mol. The molecule has 0 aliphatic heterocycles. The third-order valence-electron chi connectivity index (χ3n) is 2.87. The number of hydrogen-bond acceptors (Lipinski definition) is 4. The van der Waals surface area contributed by atoms with Gasteiger partial charge in [-0.25, -0.2) is 4.98 Å². The maximum atomic E-state index is 12.1. The van der Waals surface area contributed by atoms with Gasteiger partial charge in [-0.15, -0.1) is 11.3 Å². The van der Waals surface area contributed by atoms with Crippen molar-refractivity contribution in [2.24, 2.45) is 5.73 Å². The normalized spacial score (nSPS) is 10.6. The van der Waals surface area contributed by atoms with Gasteiger partial charge in [0.2, 0.25) is 0 Å². The fraction of sp³-hybridized carbons (Fsp3) is 0.286. The van der Waals surface area contributed by atoms with Gasteiger partial charge < -0.3 is 5.73 Å². The van der Waals surface area contributed by atoms with E-state index >= 15 is 0 Å². The minimum absolute atomic E-state index is 0.0552. The van der Waals surface area contributed by atoms with E-state index in [1.807, 2.05) is 19.9 Å². The van der Waals surface area contributed by atoms with E-state index in [1.165, 1.54) is 16.9 Å². The van der Waals surface area contributed by atoms with E-state index in [9.17, 15) is 4.79 Å². The first-order chi connectivity index (χ1) is 8.60. The second-order valence-corrected chi connectivity index (χ2v) is 5.30. The molecule has 1 aromatic heterocycles. The molecule has 1 heterocycles. The average Bonchev–Trinajstić information content (AvgIpc) is 2.82. The smallest absolute Gasteiger partial charge is 0.186 e. The van der Waals surface area contributed by atoms with Gasteiger partial charge in [0.1, 0.15) is 10.7 Å². The number of thiazole rings is 1. The van der Waals surface area contributed by atoms with E-state index in [1.54, 1.807) is 5.38 Å². The Morgan fingerprint density at radius 2 is 2.17 bits per heavy atom. The van der Waals surface area contributed by atoms with E-state index in [4.69, 9.17) is 5.73 Å². The number of hydrogen-bond donors (Lipinski definition) is 1. The third-order valence-corrected chi connectivity index (χ3v) is 3.74. The molecule has 94 valence electrons. The van der Waals surface area contributed by atoms with E-state index in [0.717, 1.165) is 16.1 Å². The van der Waals surface area contributed by atoms with Crippen molar-refractivity contribution in [2.75, 3.05) is 0 Å². The van der Waals surface area contributed by atoms with Gasteiger partial charge in [0.15, 0.2) is 5.78 Å². The number of rotatable bonds is 4. The molecule has 2 N–H and O–H groups in total. The Morgan fingerprint density at radius 1 is 1.39 bits per heavy atom. The molecule has 3 nitrogen and oxygen atoms in total. The Morgan fingerprint density at radius 3 is 2.83 bits per heavy atom. The molecule has 0 saturated heterocycles. The Balaban J connectivity index is 2.18. The summed E-state index contributed by atoms with van der Waals surface area (Å²) >= 11 is 1.44. The number of Topliss-reactive ketones (excluding diaryl/α,β-unsaturated/α-hetero) is 1. The standard InChI is InChI=1S/C14H16N2OS/c1-9-3-4-10(2)11(5-9)6-13(17)12-8-18-14(7-15)16-12/h3-5,8H,6-7,15H2,1-2H3. The number of benzene rings is 1. The lowest BCUT2D eigenvalue weighted by Crippen LogP contribution is -2.06. The summed E-state index contributed by atoms with van der Waals surface area (Å²) in [5.74, 6) is 0.0552. The van der Waals surface area contributed by atoms with Gasteiger partial charge in [0.25, 0.3) is 0 Å². The van der Waals surface area contributed by atoms with Crippen LogP contribution in [0.25, 0.3) is 0 Å². The van der Waals surface area contributed by atoms with Crippen LogP contribution in [0, 0.1) is 13.8 Å². The fourth-order valence-corrected chi connectivity index (χ4v) is 2.47. The molecule has 2 aromatic rings. The van der Waals surface area contributed by atoms with Crippen LogP contribution in [-0.2, 0) is 13.0 Å². The lowest BCUT2D eigenvalue weighted by atomic mass is 10.0. The predicted octanol–water partition coefficient (Wildman–Crippen LogP) is 2.64. The van der Waals surface area contributed by atoms with Gasteiger partial charge in [-0.1, -0.05) is 23.8 Å². The Hall–Kier alpha value is -1.52. The van der Waals surface area contributed by atoms with E-state index < -0.39 is 0 Å². The molecule has 0 saturated carbocycles. The van der Waals surface area contributed by atoms with Crippen molar-refractivity contribution in [3.63, 3.8) is 0 Å². The van der Waals surface area contributed by atoms with Crippen LogP contribution in [0.3, 0.4) is 0 Å². The van der Waals surface area contributed by atoms with Gasteiger partial charge in [0, 0.05) is 18.3 Å². The quantitative estimate of drug-likeness (QED) is 0.860. The summed E-state index contributed by atoms with van der Waals surface area (Å²) in [6.07, 6.45) is 0.404. The van der Waals surface area contributed by atoms with Crippen LogP contribution in [0.5, 0.6) is 0 Å². The minimum atomic E-state index is 0.0552. The topological polar surface area (TPSA) is 56.0 Å². The van der Waals surface area contributed by atoms with Gasteiger partial charge in [-0.3, -0.25) is 4.79 Å². The second-order valence-electron chi connectivity index (χ2n) is 4.36. The molecule has 0 amide bonds. The van der Waals surface area contributed by atoms with Crippen molar-refractivity contribution in [1.29, 1.82) is 0 Å². The van der Waals surface area contributed by atoms with Gasteiger partial charge >= 0.3 is 0 Å². The van der Waals surface area contributed by atoms with Crippen molar-refractivity contribution >= 4 is 17.1 Å². The zero-order chi connectivity index (χ0) is 13.1. The molecule has 0 fully saturated rings. The molecule has 2 rings (SSSR count). The third kappa shape index (κ3) is 2.83. The van der Waals surface area contributed by atoms with Crippen molar-refractivity contribution in [3.05, 3.63) is 51.0 Å². The number of aryl methyl sites for hydroxylation is 2. The fourth-order valence-electron chi connectivity index (χ4n) is 1.79. The van der Waals surface area contributed by atoms with E-state index in [2.05, 4.69) is 17.1 Å². The molecule has 0 radical (unpaired) electrons. The van der Waals surface area contributed by atoms with Crippen molar-refractivity contribution in [3.8, 4) is 0 Å². The first-order valence-electron chi connectivity index (χ1n) is 5.84. The molecule has 0 aliphatic rings. The number of aromatic nitrogens is 1. The SMILES string of the molecule is Cc1ccc(C)c(CC(=O)c2csc(CN)n2)c1. The predicted molar refractivity (Wildman–Crippen MR) is 74.0 cm³/mol. The first kappa shape index (κ1) is 12.9. The van der Waals surface area contributed by atoms with Crippen molar-refractivity contribution in [1.82, 2.24) is 4.98 Å². The van der Waals surface area contributed by atoms with E-state index in [-0.39, 0.29) is 5.78 Å². The molecule has 0 atom stereocenters. The highest BCUT2D eigenvalue weighted by Crippen LogP contribution is 2.15. The van der Waals surface area contributed by atoms with Gasteiger partial charge in [-0.05, 0) is 25.0 Å². The summed E-state index contributed by atoms with van der Waals surface area (Å²) in [5, 5.41) is 2.59. The highest BCUT2D eigenvalue weighted by molar-refractivity contribution is 7.09. The highest BCUT2D eigenvalue weighted by atomic mass is 32.1. The molecular formula is C14H16N2OS. The average molecular weight is 260 g/mol. The maximum absolute atomic E-state index is 12.1. The summed E-state index contributed by atoms with van der Waals surface area (Å²) in [6.45, 7) is 4.44. The molecule has 0 aliphatic carbocycles. The summed E-state index contributed by atoms with van der Waals surface area (Å²) in [5.41, 5.74) is 9.41. The van der Waals surface area contributed by atoms with Gasteiger partial charge in [-0.2, -0.15) is 0 Å². The molecule has 18 heavy (non-hydrogen) atoms. The zero-order valence-corrected chi connectivity index (χ0v) is 11.4. The second kappa shape index (κ2) is 5.42. The summed E-state index contributed by atoms with van der Waals surface area (Å²) in [4.78, 5) is 16.3. The minimum Gasteiger partial charge on any atom is -0.325 e. The lowest BCUT2D eigenvalue weighted by Gasteiger charge is -2.05. The summed E-state index contributed by atoms with van der Waals surface area (Å²) < 4.78 is 0. The highest BCUT2D eigenvalue weighted by Gasteiger charge is 2.12. The number of carbonyl (C=O) groups is 1. The molecular weight excluding hydrogens is 244 g/mol. The number of carbonyl (C=O) groups excluding carboxylic acids is 1. The Labute approximate surface area is 111 Å². The lowest BCUT2D eigenvalue weighted by molar-refractivity contribution is 0.0988. The number of nitrogens with zero attached hydrogens (tertiary/aromatic N) is 1. The van der Waals surface area contributed by atoms with Crippen molar-refractivity contribution in [2.45, 2.75) is 26.8 Å². The molecule has 4 heteroatoms. The van der Waals surface area contributed by atoms with Crippen LogP contribution in [-0.4, -0.2) is 10.8 Å². The number of ketones is 1. The largest absolute Gasteiger partial charge is 0.325 e. The molecule has 0 unspecified atom stereocenters. The van der Waals surface area contributed by atoms with Crippen LogP contribution in [0.4, 0.5) is 0 Å². The first-order valence-corrected chi connectivity index (χ1v) is 6.72. The van der Waals surface area contributed by atoms with E-state index in [0.29, 0.717) is 18.7 Å². The maximum Gasteiger partial charge on any atom is 0.186 e. The van der Waals surface area contributed by atoms with Crippen LogP contribution in [0.1, 0.15) is 32.2 Å². The Bertz CT molecular complexity index is 575. The Kier molecular flexibility index (Phi) is 3.89. The number of nitrogens with two attached hydrogens (primary N) is 1. The van der Waals surface area contributed by atoms with Gasteiger partial charge in [0.05, 0.1) is 0 Å². The van der Waals surface area contributed by atoms with Crippen molar-refractivity contribution < 1.29 is 4.79 Å². The zero-order valence-electron chi connectivity index (χ0n) is 10.6. The summed E-state index contributed by atoms with van der Waals surface area (Å²) in [7, 11) is 0. The molecule has 1 aromatic carbocycles. The van der Waals surface area contributed by atoms with Crippen LogP contribution < -0.4 is 5.73 Å². The van der Waals surface area contributed by atoms with Crippen LogP contribution in [0.2, 0.25) is 0 Å². The molecule has 0 spiro atoms.